The highest BCUT2D eigenvalue weighted by Gasteiger charge is 2.32. The van der Waals surface area contributed by atoms with Crippen molar-refractivity contribution in [3.8, 4) is 5.75 Å². The molecule has 0 saturated carbocycles. The lowest BCUT2D eigenvalue weighted by atomic mass is 9.99. The number of likely N-dealkylation sites (N-methyl/N-ethyl adjacent to an activating group) is 1. The van der Waals surface area contributed by atoms with Crippen LogP contribution in [0.1, 0.15) is 31.4 Å². The van der Waals surface area contributed by atoms with Crippen LogP contribution in [-0.4, -0.2) is 25.6 Å². The summed E-state index contributed by atoms with van der Waals surface area (Å²) in [6.07, 6.45) is -2.79. The van der Waals surface area contributed by atoms with Crippen molar-refractivity contribution in [2.24, 2.45) is 0 Å². The molecule has 0 amide bonds. The summed E-state index contributed by atoms with van der Waals surface area (Å²) in [4.78, 5) is 0. The SMILES string of the molecule is CCNC(c1cccc(OC(F)(F)F)c1)C1CCCO1. The van der Waals surface area contributed by atoms with E-state index in [2.05, 4.69) is 10.1 Å². The molecule has 6 heteroatoms. The van der Waals surface area contributed by atoms with Crippen molar-refractivity contribution in [2.45, 2.75) is 38.3 Å². The monoisotopic (exact) mass is 289 g/mol. The van der Waals surface area contributed by atoms with E-state index in [9.17, 15) is 13.2 Å². The van der Waals surface area contributed by atoms with Gasteiger partial charge in [-0.1, -0.05) is 19.1 Å². The van der Waals surface area contributed by atoms with Crippen LogP contribution in [0, 0.1) is 0 Å². The zero-order valence-electron chi connectivity index (χ0n) is 11.2. The third-order valence-corrected chi connectivity index (χ3v) is 3.21. The lowest BCUT2D eigenvalue weighted by Gasteiger charge is -2.24. The largest absolute Gasteiger partial charge is 0.573 e. The lowest BCUT2D eigenvalue weighted by Crippen LogP contribution is -2.31. The highest BCUT2D eigenvalue weighted by molar-refractivity contribution is 5.31. The van der Waals surface area contributed by atoms with E-state index in [4.69, 9.17) is 4.74 Å². The van der Waals surface area contributed by atoms with Gasteiger partial charge in [0.15, 0.2) is 0 Å². The molecule has 0 bridgehead atoms. The highest BCUT2D eigenvalue weighted by atomic mass is 19.4. The Bertz CT molecular complexity index is 431. The molecule has 0 radical (unpaired) electrons. The van der Waals surface area contributed by atoms with Gasteiger partial charge in [-0.3, -0.25) is 0 Å². The molecular weight excluding hydrogens is 271 g/mol. The molecule has 2 rings (SSSR count). The van der Waals surface area contributed by atoms with Gasteiger partial charge in [0.25, 0.3) is 0 Å². The molecule has 1 fully saturated rings. The number of rotatable bonds is 5. The van der Waals surface area contributed by atoms with Gasteiger partial charge in [0.2, 0.25) is 0 Å². The zero-order chi connectivity index (χ0) is 14.6. The van der Waals surface area contributed by atoms with Crippen molar-refractivity contribution in [2.75, 3.05) is 13.2 Å². The van der Waals surface area contributed by atoms with Crippen LogP contribution in [0.3, 0.4) is 0 Å². The Hall–Kier alpha value is -1.27. The predicted octanol–water partition coefficient (Wildman–Crippen LogP) is 3.41. The predicted molar refractivity (Wildman–Crippen MR) is 68.5 cm³/mol. The van der Waals surface area contributed by atoms with E-state index >= 15 is 0 Å². The average Bonchev–Trinajstić information content (AvgIpc) is 2.87. The van der Waals surface area contributed by atoms with Gasteiger partial charge >= 0.3 is 6.36 Å². The van der Waals surface area contributed by atoms with Crippen LogP contribution in [0.25, 0.3) is 0 Å². The first-order valence-electron chi connectivity index (χ1n) is 6.70. The second kappa shape index (κ2) is 6.45. The third kappa shape index (κ3) is 4.11. The normalized spacial score (nSPS) is 20.9. The van der Waals surface area contributed by atoms with E-state index < -0.39 is 6.36 Å². The van der Waals surface area contributed by atoms with E-state index in [1.165, 1.54) is 12.1 Å². The van der Waals surface area contributed by atoms with Gasteiger partial charge in [0.1, 0.15) is 5.75 Å². The van der Waals surface area contributed by atoms with Gasteiger partial charge < -0.3 is 14.8 Å². The van der Waals surface area contributed by atoms with Crippen molar-refractivity contribution in [1.29, 1.82) is 0 Å². The molecule has 1 aromatic carbocycles. The topological polar surface area (TPSA) is 30.5 Å². The molecular formula is C14H18F3NO2. The van der Waals surface area contributed by atoms with E-state index in [0.717, 1.165) is 24.9 Å². The first-order chi connectivity index (χ1) is 9.49. The maximum Gasteiger partial charge on any atom is 0.573 e. The number of alkyl halides is 3. The van der Waals surface area contributed by atoms with Gasteiger partial charge in [-0.05, 0) is 37.1 Å². The molecule has 2 atom stereocenters. The number of hydrogen-bond donors (Lipinski definition) is 1. The second-order valence-corrected chi connectivity index (χ2v) is 4.71. The van der Waals surface area contributed by atoms with Gasteiger partial charge in [0, 0.05) is 6.61 Å². The van der Waals surface area contributed by atoms with E-state index in [-0.39, 0.29) is 17.9 Å². The van der Waals surface area contributed by atoms with Crippen molar-refractivity contribution >= 4 is 0 Å². The molecule has 112 valence electrons. The number of halogens is 3. The first kappa shape index (κ1) is 15.1. The smallest absolute Gasteiger partial charge is 0.406 e. The van der Waals surface area contributed by atoms with Crippen LogP contribution >= 0.6 is 0 Å². The number of benzene rings is 1. The van der Waals surface area contributed by atoms with Crippen LogP contribution in [-0.2, 0) is 4.74 Å². The molecule has 0 aliphatic carbocycles. The Morgan fingerprint density at radius 1 is 1.45 bits per heavy atom. The summed E-state index contributed by atoms with van der Waals surface area (Å²) < 4.78 is 46.4. The second-order valence-electron chi connectivity index (χ2n) is 4.71. The molecule has 1 saturated heterocycles. The zero-order valence-corrected chi connectivity index (χ0v) is 11.2. The number of nitrogens with one attached hydrogen (secondary N) is 1. The molecule has 1 aliphatic heterocycles. The van der Waals surface area contributed by atoms with Gasteiger partial charge in [-0.25, -0.2) is 0 Å². The molecule has 1 N–H and O–H groups in total. The summed E-state index contributed by atoms with van der Waals surface area (Å²) in [6.45, 7) is 3.37. The Morgan fingerprint density at radius 2 is 2.25 bits per heavy atom. The fourth-order valence-corrected chi connectivity index (χ4v) is 2.45. The number of hydrogen-bond acceptors (Lipinski definition) is 3. The summed E-state index contributed by atoms with van der Waals surface area (Å²) in [5, 5.41) is 3.27. The summed E-state index contributed by atoms with van der Waals surface area (Å²) in [5.41, 5.74) is 0.750. The minimum absolute atomic E-state index is 0.00362. The van der Waals surface area contributed by atoms with Crippen LogP contribution in [0.15, 0.2) is 24.3 Å². The third-order valence-electron chi connectivity index (χ3n) is 3.21. The van der Waals surface area contributed by atoms with Crippen LogP contribution in [0.4, 0.5) is 13.2 Å². The van der Waals surface area contributed by atoms with E-state index in [0.29, 0.717) is 6.61 Å². The van der Waals surface area contributed by atoms with E-state index in [1.807, 2.05) is 6.92 Å². The molecule has 20 heavy (non-hydrogen) atoms. The van der Waals surface area contributed by atoms with Crippen molar-refractivity contribution < 1.29 is 22.6 Å². The van der Waals surface area contributed by atoms with E-state index in [1.54, 1.807) is 12.1 Å². The van der Waals surface area contributed by atoms with Crippen LogP contribution < -0.4 is 10.1 Å². The Kier molecular flexibility index (Phi) is 4.88. The standard InChI is InChI=1S/C14H18F3NO2/c1-2-18-13(12-7-4-8-19-12)10-5-3-6-11(9-10)20-14(15,16)17/h3,5-6,9,12-13,18H,2,4,7-8H2,1H3. The van der Waals surface area contributed by atoms with Gasteiger partial charge in [-0.15, -0.1) is 13.2 Å². The Balaban J connectivity index is 2.17. The van der Waals surface area contributed by atoms with Crippen molar-refractivity contribution in [3.63, 3.8) is 0 Å². The molecule has 2 unspecified atom stereocenters. The summed E-state index contributed by atoms with van der Waals surface area (Å²) in [7, 11) is 0. The van der Waals surface area contributed by atoms with Gasteiger partial charge in [-0.2, -0.15) is 0 Å². The quantitative estimate of drug-likeness (QED) is 0.901. The maximum atomic E-state index is 12.3. The fraction of sp³-hybridized carbons (Fsp3) is 0.571. The Morgan fingerprint density at radius 3 is 2.85 bits per heavy atom. The van der Waals surface area contributed by atoms with Gasteiger partial charge in [0.05, 0.1) is 12.1 Å². The lowest BCUT2D eigenvalue weighted by molar-refractivity contribution is -0.274. The summed E-state index contributed by atoms with van der Waals surface area (Å²) in [6, 6.07) is 5.96. The average molecular weight is 289 g/mol. The molecule has 0 aromatic heterocycles. The van der Waals surface area contributed by atoms with Crippen LogP contribution in [0.2, 0.25) is 0 Å². The molecule has 3 nitrogen and oxygen atoms in total. The Labute approximate surface area is 116 Å². The fourth-order valence-electron chi connectivity index (χ4n) is 2.45. The summed E-state index contributed by atoms with van der Waals surface area (Å²) in [5.74, 6) is -0.198. The molecule has 1 aromatic rings. The van der Waals surface area contributed by atoms with Crippen LogP contribution in [0.5, 0.6) is 5.75 Å². The summed E-state index contributed by atoms with van der Waals surface area (Å²) >= 11 is 0. The number of ether oxygens (including phenoxy) is 2. The minimum Gasteiger partial charge on any atom is -0.406 e. The molecule has 1 aliphatic rings. The first-order valence-corrected chi connectivity index (χ1v) is 6.70. The maximum absolute atomic E-state index is 12.3. The van der Waals surface area contributed by atoms with Crippen molar-refractivity contribution in [3.05, 3.63) is 29.8 Å². The minimum atomic E-state index is -4.67. The highest BCUT2D eigenvalue weighted by Crippen LogP contribution is 2.30. The molecule has 0 spiro atoms. The molecule has 1 heterocycles. The van der Waals surface area contributed by atoms with Crippen molar-refractivity contribution in [1.82, 2.24) is 5.32 Å².